The molecule has 5 heteroatoms. The standard InChI is InChI=1S/C15H19NO4/c1-3-4-5-6-20-14-8-10-7-12(15(17)18)16-11(10)9-13(14)19-2/h7-9,16H,3-6H2,1-2H3,(H,17,18). The Morgan fingerprint density at radius 3 is 2.70 bits per heavy atom. The van der Waals surface area contributed by atoms with Crippen LogP contribution in [0.25, 0.3) is 10.9 Å². The van der Waals surface area contributed by atoms with Crippen LogP contribution < -0.4 is 9.47 Å². The number of ether oxygens (including phenoxy) is 2. The Bertz CT molecular complexity index is 603. The van der Waals surface area contributed by atoms with Crippen LogP contribution in [-0.4, -0.2) is 29.8 Å². The molecule has 0 saturated carbocycles. The van der Waals surface area contributed by atoms with Crippen molar-refractivity contribution in [2.45, 2.75) is 26.2 Å². The van der Waals surface area contributed by atoms with Crippen LogP contribution in [0.4, 0.5) is 0 Å². The fourth-order valence-electron chi connectivity index (χ4n) is 2.06. The van der Waals surface area contributed by atoms with Gasteiger partial charge in [-0.1, -0.05) is 19.8 Å². The Morgan fingerprint density at radius 1 is 1.25 bits per heavy atom. The van der Waals surface area contributed by atoms with Crippen LogP contribution in [0.5, 0.6) is 11.5 Å². The van der Waals surface area contributed by atoms with E-state index in [1.807, 2.05) is 6.07 Å². The van der Waals surface area contributed by atoms with Crippen LogP contribution in [0.15, 0.2) is 18.2 Å². The molecule has 0 radical (unpaired) electrons. The van der Waals surface area contributed by atoms with Crippen molar-refractivity contribution in [1.82, 2.24) is 4.98 Å². The first-order valence-corrected chi connectivity index (χ1v) is 6.72. The molecule has 1 aromatic heterocycles. The normalized spacial score (nSPS) is 10.7. The molecule has 0 saturated heterocycles. The minimum absolute atomic E-state index is 0.158. The SMILES string of the molecule is CCCCCOc1cc2cc(C(=O)O)[nH]c2cc1OC. The second-order valence-electron chi connectivity index (χ2n) is 4.63. The number of aromatic amines is 1. The zero-order valence-corrected chi connectivity index (χ0v) is 11.7. The van der Waals surface area contributed by atoms with Crippen molar-refractivity contribution < 1.29 is 19.4 Å². The highest BCUT2D eigenvalue weighted by atomic mass is 16.5. The van der Waals surface area contributed by atoms with Crippen molar-refractivity contribution in [2.75, 3.05) is 13.7 Å². The molecule has 0 aliphatic rings. The first kappa shape index (κ1) is 14.2. The van der Waals surface area contributed by atoms with Gasteiger partial charge in [-0.05, 0) is 18.6 Å². The highest BCUT2D eigenvalue weighted by Gasteiger charge is 2.12. The number of methoxy groups -OCH3 is 1. The van der Waals surface area contributed by atoms with Gasteiger partial charge in [-0.3, -0.25) is 0 Å². The Kier molecular flexibility index (Phi) is 4.50. The molecule has 2 rings (SSSR count). The number of fused-ring (bicyclic) bond motifs is 1. The lowest BCUT2D eigenvalue weighted by atomic mass is 10.2. The average Bonchev–Trinajstić information content (AvgIpc) is 2.85. The second kappa shape index (κ2) is 6.32. The van der Waals surface area contributed by atoms with Gasteiger partial charge in [-0.2, -0.15) is 0 Å². The van der Waals surface area contributed by atoms with E-state index >= 15 is 0 Å². The Labute approximate surface area is 117 Å². The molecule has 2 N–H and O–H groups in total. The van der Waals surface area contributed by atoms with Crippen LogP contribution in [0.1, 0.15) is 36.7 Å². The molecule has 0 bridgehead atoms. The van der Waals surface area contributed by atoms with E-state index in [2.05, 4.69) is 11.9 Å². The maximum absolute atomic E-state index is 11.0. The topological polar surface area (TPSA) is 71.5 Å². The lowest BCUT2D eigenvalue weighted by Crippen LogP contribution is -1.99. The quantitative estimate of drug-likeness (QED) is 0.760. The molecule has 108 valence electrons. The monoisotopic (exact) mass is 277 g/mol. The van der Waals surface area contributed by atoms with Gasteiger partial charge in [0.15, 0.2) is 11.5 Å². The summed E-state index contributed by atoms with van der Waals surface area (Å²) >= 11 is 0. The smallest absolute Gasteiger partial charge is 0.352 e. The summed E-state index contributed by atoms with van der Waals surface area (Å²) in [6, 6.07) is 5.16. The first-order valence-electron chi connectivity index (χ1n) is 6.72. The number of benzene rings is 1. The molecule has 0 aliphatic carbocycles. The number of carboxylic acid groups (broad SMARTS) is 1. The minimum Gasteiger partial charge on any atom is -0.493 e. The third-order valence-corrected chi connectivity index (χ3v) is 3.14. The van der Waals surface area contributed by atoms with Gasteiger partial charge in [0.1, 0.15) is 5.69 Å². The first-order chi connectivity index (χ1) is 9.65. The molecule has 0 fully saturated rings. The van der Waals surface area contributed by atoms with E-state index in [1.165, 1.54) is 0 Å². The summed E-state index contributed by atoms with van der Waals surface area (Å²) in [4.78, 5) is 13.8. The lowest BCUT2D eigenvalue weighted by molar-refractivity contribution is 0.0691. The molecule has 20 heavy (non-hydrogen) atoms. The maximum Gasteiger partial charge on any atom is 0.352 e. The number of rotatable bonds is 7. The molecule has 0 aliphatic heterocycles. The summed E-state index contributed by atoms with van der Waals surface area (Å²) in [5.74, 6) is 0.269. The number of carbonyl (C=O) groups is 1. The van der Waals surface area contributed by atoms with Crippen molar-refractivity contribution >= 4 is 16.9 Å². The molecule has 2 aromatic rings. The van der Waals surface area contributed by atoms with Crippen molar-refractivity contribution in [3.05, 3.63) is 23.9 Å². The summed E-state index contributed by atoms with van der Waals surface area (Å²) in [6.07, 6.45) is 3.25. The van der Waals surface area contributed by atoms with Crippen LogP contribution in [0.3, 0.4) is 0 Å². The van der Waals surface area contributed by atoms with Crippen LogP contribution in [0, 0.1) is 0 Å². The second-order valence-corrected chi connectivity index (χ2v) is 4.63. The Hall–Kier alpha value is -2.17. The highest BCUT2D eigenvalue weighted by Crippen LogP contribution is 2.32. The van der Waals surface area contributed by atoms with Gasteiger partial charge in [0.05, 0.1) is 19.2 Å². The summed E-state index contributed by atoms with van der Waals surface area (Å²) in [6.45, 7) is 2.77. The molecule has 1 aromatic carbocycles. The third kappa shape index (κ3) is 3.04. The number of nitrogens with one attached hydrogen (secondary N) is 1. The van der Waals surface area contributed by atoms with Crippen LogP contribution in [0.2, 0.25) is 0 Å². The fourth-order valence-corrected chi connectivity index (χ4v) is 2.06. The van der Waals surface area contributed by atoms with Crippen LogP contribution >= 0.6 is 0 Å². The van der Waals surface area contributed by atoms with Gasteiger partial charge in [-0.15, -0.1) is 0 Å². The van der Waals surface area contributed by atoms with Crippen LogP contribution in [-0.2, 0) is 0 Å². The minimum atomic E-state index is -0.981. The predicted octanol–water partition coefficient (Wildman–Crippen LogP) is 3.44. The molecule has 1 heterocycles. The zero-order chi connectivity index (χ0) is 14.5. The molecule has 0 unspecified atom stereocenters. The third-order valence-electron chi connectivity index (χ3n) is 3.14. The van der Waals surface area contributed by atoms with E-state index in [-0.39, 0.29) is 5.69 Å². The maximum atomic E-state index is 11.0. The van der Waals surface area contributed by atoms with Gasteiger partial charge in [0, 0.05) is 11.5 Å². The van der Waals surface area contributed by atoms with E-state index in [9.17, 15) is 4.79 Å². The van der Waals surface area contributed by atoms with E-state index in [0.29, 0.717) is 18.1 Å². The number of carboxylic acids is 1. The van der Waals surface area contributed by atoms with Gasteiger partial charge in [0.2, 0.25) is 0 Å². The van der Waals surface area contributed by atoms with Crippen molar-refractivity contribution in [3.63, 3.8) is 0 Å². The van der Waals surface area contributed by atoms with E-state index in [1.54, 1.807) is 19.2 Å². The van der Waals surface area contributed by atoms with Gasteiger partial charge >= 0.3 is 5.97 Å². The van der Waals surface area contributed by atoms with E-state index in [4.69, 9.17) is 14.6 Å². The highest BCUT2D eigenvalue weighted by molar-refractivity contribution is 5.94. The number of hydrogen-bond acceptors (Lipinski definition) is 3. The number of hydrogen-bond donors (Lipinski definition) is 2. The molecule has 0 atom stereocenters. The lowest BCUT2D eigenvalue weighted by Gasteiger charge is -2.10. The number of aromatic nitrogens is 1. The molecule has 0 spiro atoms. The molecule has 5 nitrogen and oxygen atoms in total. The summed E-state index contributed by atoms with van der Waals surface area (Å²) in [5, 5.41) is 9.79. The van der Waals surface area contributed by atoms with E-state index in [0.717, 1.165) is 30.2 Å². The Morgan fingerprint density at radius 2 is 2.05 bits per heavy atom. The van der Waals surface area contributed by atoms with Gasteiger partial charge in [0.25, 0.3) is 0 Å². The summed E-state index contributed by atoms with van der Waals surface area (Å²) < 4.78 is 11.0. The molecular weight excluding hydrogens is 258 g/mol. The largest absolute Gasteiger partial charge is 0.493 e. The van der Waals surface area contributed by atoms with Gasteiger partial charge in [-0.25, -0.2) is 4.79 Å². The average molecular weight is 277 g/mol. The number of H-pyrrole nitrogens is 1. The summed E-state index contributed by atoms with van der Waals surface area (Å²) in [7, 11) is 1.57. The molecule has 0 amide bonds. The van der Waals surface area contributed by atoms with Crippen molar-refractivity contribution in [2.24, 2.45) is 0 Å². The molecular formula is C15H19NO4. The van der Waals surface area contributed by atoms with Crippen molar-refractivity contribution in [1.29, 1.82) is 0 Å². The predicted molar refractivity (Wildman–Crippen MR) is 76.8 cm³/mol. The van der Waals surface area contributed by atoms with E-state index < -0.39 is 5.97 Å². The number of unbranched alkanes of at least 4 members (excludes halogenated alkanes) is 2. The number of aromatic carboxylic acids is 1. The zero-order valence-electron chi connectivity index (χ0n) is 11.7. The van der Waals surface area contributed by atoms with Gasteiger partial charge < -0.3 is 19.6 Å². The Balaban J connectivity index is 2.25. The fraction of sp³-hybridized carbons (Fsp3) is 0.400. The van der Waals surface area contributed by atoms with Crippen molar-refractivity contribution in [3.8, 4) is 11.5 Å². The summed E-state index contributed by atoms with van der Waals surface area (Å²) in [5.41, 5.74) is 0.880.